The van der Waals surface area contributed by atoms with Gasteiger partial charge in [0, 0.05) is 14.1 Å². The SMILES string of the molecule is CCOC(=O)c1cnn(C)c1NC(=O)c1c([N+](=O)[O-])cnn1C. The zero-order chi connectivity index (χ0) is 17.1. The van der Waals surface area contributed by atoms with Crippen molar-refractivity contribution in [2.75, 3.05) is 11.9 Å². The maximum Gasteiger partial charge on any atom is 0.343 e. The summed E-state index contributed by atoms with van der Waals surface area (Å²) in [5, 5.41) is 21.0. The normalized spacial score (nSPS) is 10.4. The minimum Gasteiger partial charge on any atom is -0.462 e. The number of hydrogen-bond acceptors (Lipinski definition) is 7. The topological polar surface area (TPSA) is 134 Å². The predicted octanol–water partition coefficient (Wildman–Crippen LogP) is 0.491. The molecule has 0 aromatic carbocycles. The number of aryl methyl sites for hydroxylation is 2. The summed E-state index contributed by atoms with van der Waals surface area (Å²) in [6.45, 7) is 1.81. The lowest BCUT2D eigenvalue weighted by Gasteiger charge is -2.08. The van der Waals surface area contributed by atoms with Crippen LogP contribution in [0.3, 0.4) is 0 Å². The molecule has 0 spiro atoms. The molecule has 0 aliphatic carbocycles. The largest absolute Gasteiger partial charge is 0.462 e. The molecule has 0 bridgehead atoms. The van der Waals surface area contributed by atoms with Crippen molar-refractivity contribution >= 4 is 23.4 Å². The number of hydrogen-bond donors (Lipinski definition) is 1. The van der Waals surface area contributed by atoms with Gasteiger partial charge in [-0.05, 0) is 6.92 Å². The highest BCUT2D eigenvalue weighted by Gasteiger charge is 2.28. The zero-order valence-corrected chi connectivity index (χ0v) is 12.6. The molecule has 11 heteroatoms. The molecule has 0 atom stereocenters. The van der Waals surface area contributed by atoms with E-state index in [-0.39, 0.29) is 23.7 Å². The molecule has 2 aromatic heterocycles. The Bertz CT molecular complexity index is 777. The van der Waals surface area contributed by atoms with Crippen LogP contribution in [0.25, 0.3) is 0 Å². The molecule has 2 heterocycles. The van der Waals surface area contributed by atoms with Crippen LogP contribution in [0.1, 0.15) is 27.8 Å². The maximum atomic E-state index is 12.3. The minimum atomic E-state index is -0.786. The van der Waals surface area contributed by atoms with E-state index >= 15 is 0 Å². The van der Waals surface area contributed by atoms with Crippen LogP contribution in [0.4, 0.5) is 11.5 Å². The lowest BCUT2D eigenvalue weighted by molar-refractivity contribution is -0.385. The third-order valence-electron chi connectivity index (χ3n) is 3.00. The Morgan fingerprint density at radius 2 is 1.96 bits per heavy atom. The number of carbonyl (C=O) groups excluding carboxylic acids is 2. The molecule has 1 N–H and O–H groups in total. The molecular formula is C12H14N6O5. The molecule has 0 aliphatic rings. The van der Waals surface area contributed by atoms with Crippen LogP contribution in [0.2, 0.25) is 0 Å². The van der Waals surface area contributed by atoms with Crippen LogP contribution in [-0.2, 0) is 18.8 Å². The molecule has 122 valence electrons. The number of ether oxygens (including phenoxy) is 1. The molecule has 0 fully saturated rings. The smallest absolute Gasteiger partial charge is 0.343 e. The van der Waals surface area contributed by atoms with Crippen LogP contribution >= 0.6 is 0 Å². The van der Waals surface area contributed by atoms with Crippen molar-refractivity contribution in [3.05, 3.63) is 33.8 Å². The van der Waals surface area contributed by atoms with E-state index in [1.54, 1.807) is 6.92 Å². The van der Waals surface area contributed by atoms with E-state index in [2.05, 4.69) is 15.5 Å². The Morgan fingerprint density at radius 1 is 1.30 bits per heavy atom. The van der Waals surface area contributed by atoms with Crippen molar-refractivity contribution in [3.63, 3.8) is 0 Å². The number of aromatic nitrogens is 4. The Morgan fingerprint density at radius 3 is 2.57 bits per heavy atom. The number of nitrogens with one attached hydrogen (secondary N) is 1. The van der Waals surface area contributed by atoms with Crippen LogP contribution in [-0.4, -0.2) is 43.0 Å². The number of nitro groups is 1. The summed E-state index contributed by atoms with van der Waals surface area (Å²) < 4.78 is 7.20. The Hall–Kier alpha value is -3.24. The molecule has 0 aliphatic heterocycles. The third kappa shape index (κ3) is 3.02. The van der Waals surface area contributed by atoms with Crippen LogP contribution < -0.4 is 5.32 Å². The molecule has 0 radical (unpaired) electrons. The minimum absolute atomic E-state index is 0.0486. The Labute approximate surface area is 130 Å². The highest BCUT2D eigenvalue weighted by Crippen LogP contribution is 2.21. The van der Waals surface area contributed by atoms with Gasteiger partial charge in [-0.2, -0.15) is 10.2 Å². The number of anilines is 1. The van der Waals surface area contributed by atoms with Gasteiger partial charge >= 0.3 is 11.7 Å². The standard InChI is InChI=1S/C12H14N6O5/c1-4-23-12(20)7-5-13-17(3)10(7)15-11(19)9-8(18(21)22)6-14-16(9)2/h5-6H,4H2,1-3H3,(H,15,19). The summed E-state index contributed by atoms with van der Waals surface area (Å²) >= 11 is 0. The van der Waals surface area contributed by atoms with Crippen molar-refractivity contribution in [2.24, 2.45) is 14.1 Å². The van der Waals surface area contributed by atoms with Gasteiger partial charge < -0.3 is 10.1 Å². The van der Waals surface area contributed by atoms with Crippen molar-refractivity contribution in [1.29, 1.82) is 0 Å². The van der Waals surface area contributed by atoms with Crippen LogP contribution in [0.15, 0.2) is 12.4 Å². The Kier molecular flexibility index (Phi) is 4.39. The number of esters is 1. The fourth-order valence-corrected chi connectivity index (χ4v) is 1.93. The molecule has 2 rings (SSSR count). The summed E-state index contributed by atoms with van der Waals surface area (Å²) in [6, 6.07) is 0. The van der Waals surface area contributed by atoms with E-state index in [0.717, 1.165) is 10.9 Å². The molecule has 23 heavy (non-hydrogen) atoms. The first-order valence-electron chi connectivity index (χ1n) is 6.53. The van der Waals surface area contributed by atoms with Gasteiger partial charge in [-0.25, -0.2) is 4.79 Å². The van der Waals surface area contributed by atoms with Gasteiger partial charge in [0.05, 0.1) is 17.7 Å². The molecular weight excluding hydrogens is 308 g/mol. The van der Waals surface area contributed by atoms with Gasteiger partial charge in [-0.15, -0.1) is 0 Å². The van der Waals surface area contributed by atoms with Crippen molar-refractivity contribution in [1.82, 2.24) is 19.6 Å². The third-order valence-corrected chi connectivity index (χ3v) is 3.00. The molecule has 2 aromatic rings. The Balaban J connectivity index is 2.35. The predicted molar refractivity (Wildman–Crippen MR) is 77.0 cm³/mol. The highest BCUT2D eigenvalue weighted by molar-refractivity contribution is 6.08. The summed E-state index contributed by atoms with van der Waals surface area (Å²) in [7, 11) is 2.91. The van der Waals surface area contributed by atoms with E-state index in [4.69, 9.17) is 4.74 Å². The summed E-state index contributed by atoms with van der Waals surface area (Å²) in [5.41, 5.74) is -0.636. The van der Waals surface area contributed by atoms with Crippen LogP contribution in [0, 0.1) is 10.1 Å². The number of nitrogens with zero attached hydrogens (tertiary/aromatic N) is 5. The molecule has 1 amide bonds. The molecule has 11 nitrogen and oxygen atoms in total. The summed E-state index contributed by atoms with van der Waals surface area (Å²) in [4.78, 5) is 34.4. The number of rotatable bonds is 5. The van der Waals surface area contributed by atoms with E-state index in [0.29, 0.717) is 0 Å². The van der Waals surface area contributed by atoms with Crippen molar-refractivity contribution < 1.29 is 19.2 Å². The van der Waals surface area contributed by atoms with E-state index in [1.807, 2.05) is 0 Å². The van der Waals surface area contributed by atoms with E-state index < -0.39 is 22.5 Å². The number of carbonyl (C=O) groups is 2. The quantitative estimate of drug-likeness (QED) is 0.481. The van der Waals surface area contributed by atoms with Crippen molar-refractivity contribution in [3.8, 4) is 0 Å². The monoisotopic (exact) mass is 322 g/mol. The second-order valence-corrected chi connectivity index (χ2v) is 4.46. The fraction of sp³-hybridized carbons (Fsp3) is 0.333. The first-order valence-corrected chi connectivity index (χ1v) is 6.53. The van der Waals surface area contributed by atoms with Crippen LogP contribution in [0.5, 0.6) is 0 Å². The second kappa shape index (κ2) is 6.25. The lowest BCUT2D eigenvalue weighted by atomic mass is 10.3. The van der Waals surface area contributed by atoms with Gasteiger partial charge in [0.25, 0.3) is 5.91 Å². The van der Waals surface area contributed by atoms with Gasteiger partial charge in [0.15, 0.2) is 0 Å². The zero-order valence-electron chi connectivity index (χ0n) is 12.6. The average Bonchev–Trinajstić information content (AvgIpc) is 3.03. The summed E-state index contributed by atoms with van der Waals surface area (Å²) in [5.74, 6) is -1.37. The fourth-order valence-electron chi connectivity index (χ4n) is 1.93. The second-order valence-electron chi connectivity index (χ2n) is 4.46. The molecule has 0 saturated carbocycles. The van der Waals surface area contributed by atoms with Gasteiger partial charge in [-0.3, -0.25) is 24.3 Å². The van der Waals surface area contributed by atoms with E-state index in [9.17, 15) is 19.7 Å². The summed E-state index contributed by atoms with van der Waals surface area (Å²) in [6.07, 6.45) is 2.22. The average molecular weight is 322 g/mol. The van der Waals surface area contributed by atoms with Gasteiger partial charge in [-0.1, -0.05) is 0 Å². The van der Waals surface area contributed by atoms with E-state index in [1.165, 1.54) is 25.0 Å². The maximum absolute atomic E-state index is 12.3. The molecule has 0 saturated heterocycles. The molecule has 0 unspecified atom stereocenters. The number of amides is 1. The lowest BCUT2D eigenvalue weighted by Crippen LogP contribution is -2.21. The van der Waals surface area contributed by atoms with Crippen molar-refractivity contribution in [2.45, 2.75) is 6.92 Å². The van der Waals surface area contributed by atoms with Gasteiger partial charge in [0.1, 0.15) is 17.6 Å². The first kappa shape index (κ1) is 16.1. The van der Waals surface area contributed by atoms with Gasteiger partial charge in [0.2, 0.25) is 5.69 Å². The first-order chi connectivity index (χ1) is 10.9. The highest BCUT2D eigenvalue weighted by atomic mass is 16.6.